The first kappa shape index (κ1) is 33.8. The summed E-state index contributed by atoms with van der Waals surface area (Å²) in [7, 11) is 1.56. The molecular weight excluding hydrogens is 398 g/mol. The second-order valence-corrected chi connectivity index (χ2v) is 6.23. The summed E-state index contributed by atoms with van der Waals surface area (Å²) >= 11 is 0. The maximum absolute atomic E-state index is 12.0. The van der Waals surface area contributed by atoms with E-state index in [1.165, 1.54) is 10.6 Å². The van der Waals surface area contributed by atoms with E-state index in [0.717, 1.165) is 0 Å². The average molecular weight is 429 g/mol. The summed E-state index contributed by atoms with van der Waals surface area (Å²) in [5, 5.41) is 1.22. The van der Waals surface area contributed by atoms with Gasteiger partial charge in [-0.05, 0) is 45.9 Å². The summed E-state index contributed by atoms with van der Waals surface area (Å²) in [5.41, 5.74) is 1.44. The van der Waals surface area contributed by atoms with Gasteiger partial charge in [0, 0.05) is 5.56 Å². The average Bonchev–Trinajstić information content (AvgIpc) is 2.54. The predicted octanol–water partition coefficient (Wildman–Crippen LogP) is 0.940. The fourth-order valence-electron chi connectivity index (χ4n) is 1.73. The molecule has 150 valence electrons. The van der Waals surface area contributed by atoms with Gasteiger partial charge in [0.25, 0.3) is 5.91 Å². The van der Waals surface area contributed by atoms with Gasteiger partial charge in [-0.2, -0.15) is 0 Å². The Morgan fingerprint density at radius 3 is 1.93 bits per heavy atom. The van der Waals surface area contributed by atoms with Crippen molar-refractivity contribution in [2.24, 2.45) is 5.84 Å². The van der Waals surface area contributed by atoms with E-state index in [-0.39, 0.29) is 67.2 Å². The Labute approximate surface area is 198 Å². The number of hydrogen-bond donors (Lipinski definition) is 1. The van der Waals surface area contributed by atoms with Crippen LogP contribution >= 0.6 is 24.8 Å². The number of nitrogens with zero attached hydrogens (tertiary/aromatic N) is 1. The van der Waals surface area contributed by atoms with Crippen LogP contribution in [0.3, 0.4) is 0 Å². The molecule has 2 aromatic carbocycles. The van der Waals surface area contributed by atoms with E-state index < -0.39 is 5.54 Å². The molecular formula is C19H31Cl2N2NaO3. The monoisotopic (exact) mass is 428 g/mol. The molecule has 27 heavy (non-hydrogen) atoms. The molecule has 0 fully saturated rings. The minimum atomic E-state index is -0.403. The molecule has 8 heteroatoms. The van der Waals surface area contributed by atoms with Crippen molar-refractivity contribution >= 4 is 30.7 Å². The number of hydrazine groups is 1. The second-order valence-electron chi connectivity index (χ2n) is 6.23. The molecule has 4 N–H and O–H groups in total. The fourth-order valence-corrected chi connectivity index (χ4v) is 1.73. The second kappa shape index (κ2) is 16.2. The van der Waals surface area contributed by atoms with Gasteiger partial charge >= 0.3 is 29.6 Å². The van der Waals surface area contributed by atoms with Crippen molar-refractivity contribution in [1.82, 2.24) is 5.01 Å². The molecule has 0 aromatic heterocycles. The third-order valence-electron chi connectivity index (χ3n) is 3.20. The van der Waals surface area contributed by atoms with Gasteiger partial charge in [-0.15, -0.1) is 24.8 Å². The molecule has 0 saturated carbocycles. The van der Waals surface area contributed by atoms with Gasteiger partial charge in [0.15, 0.2) is 0 Å². The molecule has 0 unspecified atom stereocenters. The normalized spacial score (nSPS) is 8.81. The quantitative estimate of drug-likeness (QED) is 0.334. The first-order valence-corrected chi connectivity index (χ1v) is 7.50. The minimum Gasteiger partial charge on any atom is -1.00 e. The van der Waals surface area contributed by atoms with Crippen LogP contribution in [0.1, 0.15) is 38.1 Å². The Morgan fingerprint density at radius 1 is 1.04 bits per heavy atom. The van der Waals surface area contributed by atoms with E-state index in [0.29, 0.717) is 11.3 Å². The summed E-state index contributed by atoms with van der Waals surface area (Å²) in [6.45, 7) is 7.72. The maximum atomic E-state index is 12.0. The van der Waals surface area contributed by atoms with E-state index in [2.05, 4.69) is 19.1 Å². The zero-order chi connectivity index (χ0) is 17.5. The first-order chi connectivity index (χ1) is 10.8. The SMILES string of the molecule is COc1cccc(C(=O)N(N)C(C)(C)C)c1.Cc1ccccc1.Cl.Cl.O.[H-].[Na+]. The Hall–Kier alpha value is -0.790. The number of amides is 1. The third kappa shape index (κ3) is 12.3. The maximum Gasteiger partial charge on any atom is 1.00 e. The fraction of sp³-hybridized carbons (Fsp3) is 0.316. The van der Waals surface area contributed by atoms with Crippen LogP contribution in [0.25, 0.3) is 0 Å². The van der Waals surface area contributed by atoms with E-state index in [9.17, 15) is 4.79 Å². The topological polar surface area (TPSA) is 87.1 Å². The molecule has 1 amide bonds. The predicted molar refractivity (Wildman–Crippen MR) is 114 cm³/mol. The number of carbonyl (C=O) groups is 1. The summed E-state index contributed by atoms with van der Waals surface area (Å²) in [6, 6.07) is 17.2. The van der Waals surface area contributed by atoms with Crippen LogP contribution < -0.4 is 40.1 Å². The molecule has 5 nitrogen and oxygen atoms in total. The molecule has 0 aliphatic heterocycles. The van der Waals surface area contributed by atoms with Crippen molar-refractivity contribution in [3.8, 4) is 5.75 Å². The Kier molecular flexibility index (Phi) is 20.2. The first-order valence-electron chi connectivity index (χ1n) is 7.50. The van der Waals surface area contributed by atoms with Gasteiger partial charge in [-0.1, -0.05) is 42.0 Å². The van der Waals surface area contributed by atoms with Crippen molar-refractivity contribution in [1.29, 1.82) is 0 Å². The van der Waals surface area contributed by atoms with Crippen LogP contribution in [0.2, 0.25) is 0 Å². The van der Waals surface area contributed by atoms with Crippen molar-refractivity contribution in [3.63, 3.8) is 0 Å². The van der Waals surface area contributed by atoms with Crippen molar-refractivity contribution in [3.05, 3.63) is 65.7 Å². The van der Waals surface area contributed by atoms with Crippen LogP contribution in [0.4, 0.5) is 0 Å². The molecule has 2 rings (SSSR count). The number of benzene rings is 2. The molecule has 0 spiro atoms. The largest absolute Gasteiger partial charge is 1.00 e. The Morgan fingerprint density at radius 2 is 1.56 bits per heavy atom. The van der Waals surface area contributed by atoms with Crippen LogP contribution in [0.15, 0.2) is 54.6 Å². The zero-order valence-corrected chi connectivity index (χ0v) is 20.5. The molecule has 0 heterocycles. The summed E-state index contributed by atoms with van der Waals surface area (Å²) in [4.78, 5) is 12.0. The van der Waals surface area contributed by atoms with E-state index in [4.69, 9.17) is 10.6 Å². The van der Waals surface area contributed by atoms with Gasteiger partial charge in [0.2, 0.25) is 0 Å². The Balaban J connectivity index is -0.000000128. The number of hydrogen-bond acceptors (Lipinski definition) is 3. The van der Waals surface area contributed by atoms with Crippen molar-refractivity contribution in [2.75, 3.05) is 7.11 Å². The molecule has 0 aliphatic carbocycles. The summed E-state index contributed by atoms with van der Waals surface area (Å²) in [6.07, 6.45) is 0. The van der Waals surface area contributed by atoms with Crippen LogP contribution in [-0.4, -0.2) is 29.0 Å². The number of nitrogens with two attached hydrogens (primary N) is 1. The third-order valence-corrected chi connectivity index (χ3v) is 3.20. The van der Waals surface area contributed by atoms with Gasteiger partial charge in [-0.25, -0.2) is 5.84 Å². The number of methoxy groups -OCH3 is 1. The van der Waals surface area contributed by atoms with Gasteiger partial charge in [0.05, 0.1) is 12.6 Å². The molecule has 0 radical (unpaired) electrons. The van der Waals surface area contributed by atoms with E-state index >= 15 is 0 Å². The van der Waals surface area contributed by atoms with Crippen molar-refractivity contribution in [2.45, 2.75) is 33.2 Å². The van der Waals surface area contributed by atoms with Crippen LogP contribution in [0.5, 0.6) is 5.75 Å². The Bertz CT molecular complexity index is 645. The zero-order valence-electron chi connectivity index (χ0n) is 17.9. The molecule has 0 saturated heterocycles. The number of rotatable bonds is 2. The molecule has 2 aromatic rings. The smallest absolute Gasteiger partial charge is 1.00 e. The van der Waals surface area contributed by atoms with Gasteiger partial charge in [0.1, 0.15) is 5.75 Å². The molecule has 0 aliphatic rings. The number of carbonyl (C=O) groups excluding carboxylic acids is 1. The van der Waals surface area contributed by atoms with E-state index in [1.807, 2.05) is 39.0 Å². The molecule has 0 bridgehead atoms. The number of halogens is 2. The van der Waals surface area contributed by atoms with Gasteiger partial charge in [-0.3, -0.25) is 9.80 Å². The van der Waals surface area contributed by atoms with Crippen LogP contribution in [0, 0.1) is 6.92 Å². The summed E-state index contributed by atoms with van der Waals surface area (Å²) in [5.74, 6) is 6.19. The molecule has 0 atom stereocenters. The number of ether oxygens (including phenoxy) is 1. The van der Waals surface area contributed by atoms with E-state index in [1.54, 1.807) is 31.4 Å². The van der Waals surface area contributed by atoms with Crippen LogP contribution in [-0.2, 0) is 0 Å². The summed E-state index contributed by atoms with van der Waals surface area (Å²) < 4.78 is 5.06. The minimum absolute atomic E-state index is 0. The standard InChI is InChI=1S/C12H18N2O2.C7H8.2ClH.Na.H2O.H/c1-12(2,3)14(13)11(15)9-6-5-7-10(8-9)16-4;1-7-5-3-2-4-6-7;;;;;/h5-8H,13H2,1-4H3;2-6H,1H3;2*1H;;1H2;/q;;;;+1;;-1. The number of aryl methyl sites for hydroxylation is 1. The van der Waals surface area contributed by atoms with Gasteiger partial charge < -0.3 is 11.6 Å². The van der Waals surface area contributed by atoms with Crippen molar-refractivity contribution < 1.29 is 46.0 Å².